The van der Waals surface area contributed by atoms with E-state index in [0.29, 0.717) is 5.12 Å². The Bertz CT molecular complexity index is 234. The van der Waals surface area contributed by atoms with E-state index in [1.165, 1.54) is 43.5 Å². The summed E-state index contributed by atoms with van der Waals surface area (Å²) in [5, 5.41) is 0.374. The van der Waals surface area contributed by atoms with E-state index in [-0.39, 0.29) is 15.4 Å². The van der Waals surface area contributed by atoms with Crippen molar-refractivity contribution in [2.24, 2.45) is 0 Å². The Kier molecular flexibility index (Phi) is 16.6. The van der Waals surface area contributed by atoms with Crippen molar-refractivity contribution in [3.63, 3.8) is 0 Å². The first-order chi connectivity index (χ1) is 10.2. The molecule has 0 saturated carbocycles. The third kappa shape index (κ3) is 14.8. The van der Waals surface area contributed by atoms with Crippen molar-refractivity contribution in [2.75, 3.05) is 19.0 Å². The summed E-state index contributed by atoms with van der Waals surface area (Å²) in [5.41, 5.74) is 0. The molecular weight excluding hydrogens is 300 g/mol. The van der Waals surface area contributed by atoms with E-state index in [1.807, 2.05) is 13.8 Å². The van der Waals surface area contributed by atoms with Crippen LogP contribution in [0.3, 0.4) is 0 Å². The number of unbranched alkanes of at least 4 members (excludes halogenated alkanes) is 4. The highest BCUT2D eigenvalue weighted by Gasteiger charge is 2.08. The van der Waals surface area contributed by atoms with E-state index >= 15 is 0 Å². The second kappa shape index (κ2) is 16.5. The van der Waals surface area contributed by atoms with Crippen molar-refractivity contribution in [1.82, 2.24) is 0 Å². The van der Waals surface area contributed by atoms with Crippen LogP contribution in [0.1, 0.15) is 65.7 Å². The zero-order valence-electron chi connectivity index (χ0n) is 14.2. The van der Waals surface area contributed by atoms with Gasteiger partial charge in [-0.25, -0.2) is 0 Å². The first-order valence-electron chi connectivity index (χ1n) is 8.63. The topological polar surface area (TPSA) is 35.5 Å². The summed E-state index contributed by atoms with van der Waals surface area (Å²) in [7, 11) is -0.336. The fourth-order valence-electron chi connectivity index (χ4n) is 2.13. The highest BCUT2D eigenvalue weighted by molar-refractivity contribution is 8.13. The van der Waals surface area contributed by atoms with Gasteiger partial charge in [0.2, 0.25) is 0 Å². The normalized spacial score (nSPS) is 11.8. The van der Waals surface area contributed by atoms with E-state index in [9.17, 15) is 4.79 Å². The lowest BCUT2D eigenvalue weighted by Gasteiger charge is -2.16. The zero-order valence-corrected chi connectivity index (χ0v) is 16.4. The number of rotatable bonds is 15. The largest absolute Gasteiger partial charge is 0.357 e. The maximum atomic E-state index is 11.7. The van der Waals surface area contributed by atoms with Crippen molar-refractivity contribution in [3.8, 4) is 0 Å². The van der Waals surface area contributed by atoms with Gasteiger partial charge in [-0.2, -0.15) is 0 Å². The molecule has 0 aliphatic heterocycles. The molecule has 0 aromatic rings. The molecule has 0 aromatic heterocycles. The third-order valence-electron chi connectivity index (χ3n) is 3.29. The number of thioether (sulfide) groups is 1. The van der Waals surface area contributed by atoms with Gasteiger partial charge in [-0.15, -0.1) is 0 Å². The third-order valence-corrected chi connectivity index (χ3v) is 6.16. The first-order valence-corrected chi connectivity index (χ1v) is 11.4. The Morgan fingerprint density at radius 3 is 2.29 bits per heavy atom. The fraction of sp³-hybridized carbons (Fsp3) is 0.938. The molecule has 0 heterocycles. The molecule has 0 amide bonds. The van der Waals surface area contributed by atoms with Gasteiger partial charge in [-0.05, 0) is 26.7 Å². The van der Waals surface area contributed by atoms with Gasteiger partial charge in [0.05, 0.1) is 9.52 Å². The lowest BCUT2D eigenvalue weighted by atomic mass is 10.1. The molecule has 0 spiro atoms. The standard InChI is InChI=1S/C16H34O3SSi/c1-4-7-8-9-10-12-15(17)20-13-11-14-21-16(18-5-2)19-6-3/h16H,4-14,21H2,1-3H3. The molecule has 0 atom stereocenters. The molecule has 21 heavy (non-hydrogen) atoms. The van der Waals surface area contributed by atoms with Crippen LogP contribution in [-0.2, 0) is 14.3 Å². The molecule has 0 saturated heterocycles. The monoisotopic (exact) mass is 334 g/mol. The summed E-state index contributed by atoms with van der Waals surface area (Å²) < 4.78 is 11.1. The lowest BCUT2D eigenvalue weighted by molar-refractivity contribution is -0.111. The van der Waals surface area contributed by atoms with Gasteiger partial charge in [0.1, 0.15) is 5.91 Å². The maximum absolute atomic E-state index is 11.7. The lowest BCUT2D eigenvalue weighted by Crippen LogP contribution is -2.24. The van der Waals surface area contributed by atoms with Crippen LogP contribution in [0, 0.1) is 0 Å². The minimum absolute atomic E-state index is 0.0688. The maximum Gasteiger partial charge on any atom is 0.188 e. The Morgan fingerprint density at radius 2 is 1.67 bits per heavy atom. The summed E-state index contributed by atoms with van der Waals surface area (Å²) >= 11 is 1.52. The summed E-state index contributed by atoms with van der Waals surface area (Å²) in [5.74, 6) is 1.03. The molecule has 3 nitrogen and oxygen atoms in total. The Labute approximate surface area is 137 Å². The molecule has 0 fully saturated rings. The molecular formula is C16H34O3SSi. The quantitative estimate of drug-likeness (QED) is 0.258. The first kappa shape index (κ1) is 21.2. The van der Waals surface area contributed by atoms with Crippen LogP contribution in [0.25, 0.3) is 0 Å². The van der Waals surface area contributed by atoms with Crippen LogP contribution in [0.2, 0.25) is 6.04 Å². The van der Waals surface area contributed by atoms with Gasteiger partial charge in [0.15, 0.2) is 5.12 Å². The van der Waals surface area contributed by atoms with Crippen LogP contribution in [-0.4, -0.2) is 39.5 Å². The van der Waals surface area contributed by atoms with Gasteiger partial charge < -0.3 is 9.47 Å². The minimum atomic E-state index is -0.336. The Morgan fingerprint density at radius 1 is 1.00 bits per heavy atom. The van der Waals surface area contributed by atoms with E-state index in [0.717, 1.165) is 38.2 Å². The van der Waals surface area contributed by atoms with E-state index < -0.39 is 0 Å². The van der Waals surface area contributed by atoms with Gasteiger partial charge in [-0.3, -0.25) is 4.79 Å². The highest BCUT2D eigenvalue weighted by atomic mass is 32.2. The predicted molar refractivity (Wildman–Crippen MR) is 95.8 cm³/mol. The van der Waals surface area contributed by atoms with Crippen LogP contribution >= 0.6 is 11.8 Å². The number of carbonyl (C=O) groups excluding carboxylic acids is 1. The second-order valence-electron chi connectivity index (χ2n) is 5.22. The van der Waals surface area contributed by atoms with Gasteiger partial charge in [-0.1, -0.05) is 50.4 Å². The van der Waals surface area contributed by atoms with Gasteiger partial charge >= 0.3 is 0 Å². The van der Waals surface area contributed by atoms with Crippen molar-refractivity contribution < 1.29 is 14.3 Å². The Hall–Kier alpha value is 0.157. The summed E-state index contributed by atoms with van der Waals surface area (Å²) in [6.07, 6.45) is 7.98. The van der Waals surface area contributed by atoms with Crippen LogP contribution in [0.5, 0.6) is 0 Å². The molecule has 0 aromatic carbocycles. The van der Waals surface area contributed by atoms with Crippen LogP contribution < -0.4 is 0 Å². The van der Waals surface area contributed by atoms with Crippen LogP contribution in [0.4, 0.5) is 0 Å². The van der Waals surface area contributed by atoms with E-state index in [4.69, 9.17) is 9.47 Å². The SMILES string of the molecule is CCCCCCCC(=O)SCCC[SiH2]C(OCC)OCC. The van der Waals surface area contributed by atoms with Crippen molar-refractivity contribution in [2.45, 2.75) is 77.7 Å². The number of ether oxygens (including phenoxy) is 2. The molecule has 126 valence electrons. The molecule has 0 bridgehead atoms. The van der Waals surface area contributed by atoms with Gasteiger partial charge in [0.25, 0.3) is 0 Å². The number of hydrogen-bond donors (Lipinski definition) is 0. The predicted octanol–water partition coefficient (Wildman–Crippen LogP) is 3.94. The van der Waals surface area contributed by atoms with Crippen molar-refractivity contribution in [3.05, 3.63) is 0 Å². The summed E-state index contributed by atoms with van der Waals surface area (Å²) in [4.78, 5) is 11.7. The number of hydrogen-bond acceptors (Lipinski definition) is 4. The van der Waals surface area contributed by atoms with E-state index in [1.54, 1.807) is 0 Å². The van der Waals surface area contributed by atoms with Gasteiger partial charge in [0, 0.05) is 25.4 Å². The summed E-state index contributed by atoms with van der Waals surface area (Å²) in [6.45, 7) is 7.68. The fourth-order valence-corrected chi connectivity index (χ4v) is 5.03. The smallest absolute Gasteiger partial charge is 0.188 e. The molecule has 0 radical (unpaired) electrons. The number of carbonyl (C=O) groups is 1. The van der Waals surface area contributed by atoms with Crippen molar-refractivity contribution in [1.29, 1.82) is 0 Å². The summed E-state index contributed by atoms with van der Waals surface area (Å²) in [6, 6.07) is 1.20. The molecule has 0 rings (SSSR count). The van der Waals surface area contributed by atoms with Crippen molar-refractivity contribution >= 4 is 26.4 Å². The van der Waals surface area contributed by atoms with Crippen LogP contribution in [0.15, 0.2) is 0 Å². The average Bonchev–Trinajstić information content (AvgIpc) is 2.47. The minimum Gasteiger partial charge on any atom is -0.357 e. The highest BCUT2D eigenvalue weighted by Crippen LogP contribution is 2.13. The zero-order chi connectivity index (χ0) is 15.8. The molecule has 5 heteroatoms. The average molecular weight is 335 g/mol. The molecule has 0 aliphatic carbocycles. The second-order valence-corrected chi connectivity index (χ2v) is 8.32. The Balaban J connectivity index is 3.41. The van der Waals surface area contributed by atoms with E-state index in [2.05, 4.69) is 6.92 Å². The molecule has 0 aliphatic rings. The molecule has 0 unspecified atom stereocenters. The molecule has 0 N–H and O–H groups in total.